The number of nitriles is 1. The number of rotatable bonds is 13. The minimum Gasteiger partial charge on any atom is -0.494 e. The van der Waals surface area contributed by atoms with E-state index < -0.39 is 11.8 Å². The highest BCUT2D eigenvalue weighted by Gasteiger charge is 2.18. The lowest BCUT2D eigenvalue weighted by molar-refractivity contribution is -0.121. The van der Waals surface area contributed by atoms with Crippen LogP contribution in [0.4, 0.5) is 0 Å². The molecule has 7 heteroatoms. The predicted molar refractivity (Wildman–Crippen MR) is 154 cm³/mol. The molecule has 0 aliphatic heterocycles. The number of hydrogen-bond donors (Lipinski definition) is 2. The number of amides is 2. The Labute approximate surface area is 234 Å². The summed E-state index contributed by atoms with van der Waals surface area (Å²) in [4.78, 5) is 24.2. The van der Waals surface area contributed by atoms with Crippen molar-refractivity contribution in [3.63, 3.8) is 0 Å². The summed E-state index contributed by atoms with van der Waals surface area (Å²) in [6, 6.07) is 33.8. The molecule has 0 fully saturated rings. The maximum atomic E-state index is 12.2. The summed E-state index contributed by atoms with van der Waals surface area (Å²) in [6.07, 6.45) is 0.749. The van der Waals surface area contributed by atoms with Crippen LogP contribution in [0.3, 0.4) is 0 Å². The third kappa shape index (κ3) is 7.95. The zero-order valence-electron chi connectivity index (χ0n) is 22.1. The average Bonchev–Trinajstić information content (AvgIpc) is 2.98. The van der Waals surface area contributed by atoms with E-state index in [4.69, 9.17) is 15.2 Å². The Morgan fingerprint density at radius 2 is 1.60 bits per heavy atom. The second kappa shape index (κ2) is 14.2. The smallest absolute Gasteiger partial charge is 0.225 e. The minimum atomic E-state index is -0.440. The Bertz CT molecular complexity index is 1470. The van der Waals surface area contributed by atoms with E-state index in [2.05, 4.69) is 11.4 Å². The van der Waals surface area contributed by atoms with Gasteiger partial charge >= 0.3 is 0 Å². The van der Waals surface area contributed by atoms with Gasteiger partial charge in [-0.25, -0.2) is 0 Å². The van der Waals surface area contributed by atoms with Gasteiger partial charge in [0.25, 0.3) is 0 Å². The molecule has 0 saturated heterocycles. The fourth-order valence-corrected chi connectivity index (χ4v) is 4.35. The second-order valence-corrected chi connectivity index (χ2v) is 9.21. The lowest BCUT2D eigenvalue weighted by Crippen LogP contribution is -2.29. The Balaban J connectivity index is 1.38. The zero-order chi connectivity index (χ0) is 28.2. The average molecular weight is 534 g/mol. The number of ether oxygens (including phenoxy) is 2. The van der Waals surface area contributed by atoms with Crippen molar-refractivity contribution in [1.82, 2.24) is 5.32 Å². The molecule has 0 bridgehead atoms. The summed E-state index contributed by atoms with van der Waals surface area (Å²) in [6.45, 7) is 0.913. The van der Waals surface area contributed by atoms with Crippen LogP contribution in [0.5, 0.6) is 11.5 Å². The van der Waals surface area contributed by atoms with Crippen LogP contribution in [0.25, 0.3) is 11.1 Å². The second-order valence-electron chi connectivity index (χ2n) is 9.21. The van der Waals surface area contributed by atoms with E-state index in [-0.39, 0.29) is 12.5 Å². The van der Waals surface area contributed by atoms with Gasteiger partial charge in [0.1, 0.15) is 18.1 Å². The molecule has 7 nitrogen and oxygen atoms in total. The van der Waals surface area contributed by atoms with E-state index in [1.54, 1.807) is 18.2 Å². The fraction of sp³-hybridized carbons (Fsp3) is 0.182. The van der Waals surface area contributed by atoms with Crippen LogP contribution in [0.1, 0.15) is 29.0 Å². The Hall–Kier alpha value is -5.09. The Kier molecular flexibility index (Phi) is 9.89. The van der Waals surface area contributed by atoms with Gasteiger partial charge < -0.3 is 20.5 Å². The largest absolute Gasteiger partial charge is 0.494 e. The molecule has 202 valence electrons. The number of carbonyl (C=O) groups excluding carboxylic acids is 2. The SMILES string of the molecule is N#Cc1ccc(OCCNC(=O)Cc2ccccc2)c(-c2cccc(OCCC(C(N)=O)c3ccccc3)c2)c1. The van der Waals surface area contributed by atoms with E-state index >= 15 is 0 Å². The van der Waals surface area contributed by atoms with Crippen LogP contribution in [-0.4, -0.2) is 31.6 Å². The van der Waals surface area contributed by atoms with E-state index in [1.165, 1.54) is 0 Å². The van der Waals surface area contributed by atoms with Crippen molar-refractivity contribution in [3.05, 3.63) is 120 Å². The van der Waals surface area contributed by atoms with Gasteiger partial charge in [0.15, 0.2) is 0 Å². The first-order chi connectivity index (χ1) is 19.5. The van der Waals surface area contributed by atoms with Crippen molar-refractivity contribution in [2.45, 2.75) is 18.8 Å². The zero-order valence-corrected chi connectivity index (χ0v) is 22.1. The molecular formula is C33H31N3O4. The molecule has 4 aromatic carbocycles. The van der Waals surface area contributed by atoms with E-state index in [9.17, 15) is 14.9 Å². The van der Waals surface area contributed by atoms with Crippen LogP contribution in [-0.2, 0) is 16.0 Å². The Morgan fingerprint density at radius 3 is 2.33 bits per heavy atom. The first-order valence-electron chi connectivity index (χ1n) is 13.1. The number of nitrogens with one attached hydrogen (secondary N) is 1. The van der Waals surface area contributed by atoms with Crippen LogP contribution in [0.15, 0.2) is 103 Å². The molecule has 0 heterocycles. The summed E-state index contributed by atoms with van der Waals surface area (Å²) < 4.78 is 12.0. The molecule has 1 unspecified atom stereocenters. The van der Waals surface area contributed by atoms with E-state index in [0.717, 1.165) is 22.3 Å². The number of hydrogen-bond acceptors (Lipinski definition) is 5. The highest BCUT2D eigenvalue weighted by atomic mass is 16.5. The number of nitrogens with zero attached hydrogens (tertiary/aromatic N) is 1. The van der Waals surface area contributed by atoms with Gasteiger partial charge in [-0.2, -0.15) is 5.26 Å². The summed E-state index contributed by atoms with van der Waals surface area (Å²) >= 11 is 0. The van der Waals surface area contributed by atoms with Crippen molar-refractivity contribution in [2.75, 3.05) is 19.8 Å². The van der Waals surface area contributed by atoms with Gasteiger partial charge in [-0.15, -0.1) is 0 Å². The molecule has 0 spiro atoms. The molecule has 1 atom stereocenters. The number of nitrogens with two attached hydrogens (primary N) is 1. The van der Waals surface area contributed by atoms with Crippen molar-refractivity contribution >= 4 is 11.8 Å². The molecular weight excluding hydrogens is 502 g/mol. The highest BCUT2D eigenvalue weighted by molar-refractivity contribution is 5.82. The summed E-state index contributed by atoms with van der Waals surface area (Å²) in [5.74, 6) is 0.298. The third-order valence-corrected chi connectivity index (χ3v) is 6.36. The van der Waals surface area contributed by atoms with Gasteiger partial charge in [0.05, 0.1) is 37.1 Å². The van der Waals surface area contributed by atoms with E-state index in [1.807, 2.05) is 84.9 Å². The molecule has 40 heavy (non-hydrogen) atoms. The number of carbonyl (C=O) groups is 2. The van der Waals surface area contributed by atoms with Crippen LogP contribution >= 0.6 is 0 Å². The standard InChI is InChI=1S/C33H31N3O4/c34-23-25-14-15-31(40-19-17-36-32(37)21-24-8-3-1-4-9-24)30(20-25)27-12-7-13-28(22-27)39-18-16-29(33(35)38)26-10-5-2-6-11-26/h1-15,20,22,29H,16-19,21H2,(H2,35,38)(H,36,37). The summed E-state index contributed by atoms with van der Waals surface area (Å²) in [7, 11) is 0. The highest BCUT2D eigenvalue weighted by Crippen LogP contribution is 2.33. The molecule has 0 saturated carbocycles. The van der Waals surface area contributed by atoms with Gasteiger partial charge in [-0.1, -0.05) is 72.8 Å². The molecule has 4 aromatic rings. The lowest BCUT2D eigenvalue weighted by atomic mass is 9.95. The van der Waals surface area contributed by atoms with Crippen molar-refractivity contribution in [1.29, 1.82) is 5.26 Å². The molecule has 3 N–H and O–H groups in total. The summed E-state index contributed by atoms with van der Waals surface area (Å²) in [5.41, 5.74) is 9.49. The van der Waals surface area contributed by atoms with Crippen molar-refractivity contribution < 1.29 is 19.1 Å². The summed E-state index contributed by atoms with van der Waals surface area (Å²) in [5, 5.41) is 12.3. The first-order valence-corrected chi connectivity index (χ1v) is 13.1. The molecule has 0 aliphatic carbocycles. The molecule has 4 rings (SSSR count). The predicted octanol–water partition coefficient (Wildman–Crippen LogP) is 5.00. The van der Waals surface area contributed by atoms with Crippen LogP contribution in [0, 0.1) is 11.3 Å². The number of benzene rings is 4. The molecule has 0 aliphatic rings. The van der Waals surface area contributed by atoms with Crippen LogP contribution in [0.2, 0.25) is 0 Å². The van der Waals surface area contributed by atoms with Crippen molar-refractivity contribution in [2.24, 2.45) is 5.73 Å². The quantitative estimate of drug-likeness (QED) is 0.235. The fourth-order valence-electron chi connectivity index (χ4n) is 4.35. The van der Waals surface area contributed by atoms with Crippen LogP contribution < -0.4 is 20.5 Å². The van der Waals surface area contributed by atoms with E-state index in [0.29, 0.717) is 43.1 Å². The lowest BCUT2D eigenvalue weighted by Gasteiger charge is -2.16. The topological polar surface area (TPSA) is 114 Å². The van der Waals surface area contributed by atoms with Gasteiger partial charge in [-0.05, 0) is 53.4 Å². The van der Waals surface area contributed by atoms with Gasteiger partial charge in [0.2, 0.25) is 11.8 Å². The third-order valence-electron chi connectivity index (χ3n) is 6.36. The molecule has 2 amide bonds. The maximum Gasteiger partial charge on any atom is 0.225 e. The minimum absolute atomic E-state index is 0.0782. The van der Waals surface area contributed by atoms with Gasteiger partial charge in [-0.3, -0.25) is 9.59 Å². The van der Waals surface area contributed by atoms with Gasteiger partial charge in [0, 0.05) is 5.56 Å². The Morgan fingerprint density at radius 1 is 0.850 bits per heavy atom. The molecule has 0 aromatic heterocycles. The number of primary amides is 1. The first kappa shape index (κ1) is 27.9. The monoisotopic (exact) mass is 533 g/mol. The van der Waals surface area contributed by atoms with Crippen molar-refractivity contribution in [3.8, 4) is 28.7 Å². The molecule has 0 radical (unpaired) electrons. The maximum absolute atomic E-state index is 12.2. The normalized spacial score (nSPS) is 11.2.